The Labute approximate surface area is 98.4 Å². The van der Waals surface area contributed by atoms with E-state index >= 15 is 0 Å². The molecule has 0 radical (unpaired) electrons. The molecule has 1 aromatic carbocycles. The lowest BCUT2D eigenvalue weighted by Crippen LogP contribution is -2.29. The van der Waals surface area contributed by atoms with Crippen LogP contribution in [0.15, 0.2) is 42.7 Å². The first kappa shape index (κ1) is 11.5. The summed E-state index contributed by atoms with van der Waals surface area (Å²) in [7, 11) is 0. The summed E-state index contributed by atoms with van der Waals surface area (Å²) in [5.74, 6) is 5.19. The van der Waals surface area contributed by atoms with Crippen LogP contribution in [0, 0.1) is 5.82 Å². The van der Waals surface area contributed by atoms with Crippen LogP contribution in [-0.4, -0.2) is 4.98 Å². The maximum Gasteiger partial charge on any atom is 0.123 e. The molecule has 0 saturated carbocycles. The summed E-state index contributed by atoms with van der Waals surface area (Å²) < 4.78 is 13.2. The first-order valence-electron chi connectivity index (χ1n) is 5.13. The van der Waals surface area contributed by atoms with E-state index in [1.807, 2.05) is 0 Å². The van der Waals surface area contributed by atoms with Crippen LogP contribution in [0.1, 0.15) is 17.2 Å². The zero-order valence-electron chi connectivity index (χ0n) is 9.10. The van der Waals surface area contributed by atoms with Gasteiger partial charge in [0.1, 0.15) is 5.82 Å². The van der Waals surface area contributed by atoms with Gasteiger partial charge in [0.05, 0.1) is 6.04 Å². The summed E-state index contributed by atoms with van der Waals surface area (Å²) >= 11 is 0. The SMILES string of the molecule is NNC(c1cccc(F)c1)c1cnccc1N. The zero-order chi connectivity index (χ0) is 12.3. The number of pyridine rings is 1. The molecule has 1 unspecified atom stereocenters. The smallest absolute Gasteiger partial charge is 0.123 e. The Bertz CT molecular complexity index is 515. The topological polar surface area (TPSA) is 77.0 Å². The molecule has 1 heterocycles. The van der Waals surface area contributed by atoms with Crippen LogP contribution < -0.4 is 17.0 Å². The highest BCUT2D eigenvalue weighted by molar-refractivity contribution is 5.49. The second-order valence-corrected chi connectivity index (χ2v) is 3.66. The monoisotopic (exact) mass is 232 g/mol. The van der Waals surface area contributed by atoms with E-state index in [1.54, 1.807) is 30.6 Å². The standard InChI is InChI=1S/C12H13FN4/c13-9-3-1-2-8(6-9)12(17-15)10-7-16-5-4-11(10)14/h1-7,12,17H,15H2,(H2,14,16). The van der Waals surface area contributed by atoms with Crippen molar-refractivity contribution >= 4 is 5.69 Å². The van der Waals surface area contributed by atoms with Crippen LogP contribution >= 0.6 is 0 Å². The highest BCUT2D eigenvalue weighted by Gasteiger charge is 2.15. The third kappa shape index (κ3) is 2.41. The molecule has 5 N–H and O–H groups in total. The number of rotatable bonds is 3. The second kappa shape index (κ2) is 4.90. The largest absolute Gasteiger partial charge is 0.398 e. The van der Waals surface area contributed by atoms with Crippen molar-refractivity contribution in [3.63, 3.8) is 0 Å². The van der Waals surface area contributed by atoms with Gasteiger partial charge in [0, 0.05) is 23.6 Å². The highest BCUT2D eigenvalue weighted by Crippen LogP contribution is 2.25. The summed E-state index contributed by atoms with van der Waals surface area (Å²) in [4.78, 5) is 3.99. The maximum absolute atomic E-state index is 13.2. The van der Waals surface area contributed by atoms with Crippen molar-refractivity contribution in [2.75, 3.05) is 5.73 Å². The van der Waals surface area contributed by atoms with E-state index < -0.39 is 0 Å². The van der Waals surface area contributed by atoms with Gasteiger partial charge in [-0.05, 0) is 23.8 Å². The Morgan fingerprint density at radius 2 is 2.12 bits per heavy atom. The minimum absolute atomic E-state index is 0.315. The predicted molar refractivity (Wildman–Crippen MR) is 64.2 cm³/mol. The number of hydrogen-bond acceptors (Lipinski definition) is 4. The molecule has 0 spiro atoms. The maximum atomic E-state index is 13.2. The number of aromatic nitrogens is 1. The number of nitrogens with zero attached hydrogens (tertiary/aromatic N) is 1. The molecule has 5 heteroatoms. The zero-order valence-corrected chi connectivity index (χ0v) is 9.10. The molecule has 0 fully saturated rings. The molecule has 88 valence electrons. The van der Waals surface area contributed by atoms with E-state index in [0.717, 1.165) is 5.56 Å². The highest BCUT2D eigenvalue weighted by atomic mass is 19.1. The van der Waals surface area contributed by atoms with Crippen molar-refractivity contribution in [1.29, 1.82) is 0 Å². The quantitative estimate of drug-likeness (QED) is 0.551. The van der Waals surface area contributed by atoms with Crippen LogP contribution in [0.2, 0.25) is 0 Å². The summed E-state index contributed by atoms with van der Waals surface area (Å²) in [6, 6.07) is 7.50. The Kier molecular flexibility index (Phi) is 3.32. The van der Waals surface area contributed by atoms with E-state index in [4.69, 9.17) is 11.6 Å². The molecule has 1 atom stereocenters. The van der Waals surface area contributed by atoms with Gasteiger partial charge in [-0.3, -0.25) is 10.8 Å². The summed E-state index contributed by atoms with van der Waals surface area (Å²) in [6.07, 6.45) is 3.21. The molecule has 0 aliphatic carbocycles. The molecule has 2 aromatic rings. The number of benzene rings is 1. The Hall–Kier alpha value is -1.98. The fraction of sp³-hybridized carbons (Fsp3) is 0.0833. The van der Waals surface area contributed by atoms with E-state index in [-0.39, 0.29) is 11.9 Å². The van der Waals surface area contributed by atoms with Crippen molar-refractivity contribution in [3.05, 3.63) is 59.7 Å². The summed E-state index contributed by atoms with van der Waals surface area (Å²) in [6.45, 7) is 0. The number of hydrazine groups is 1. The fourth-order valence-electron chi connectivity index (χ4n) is 1.71. The lowest BCUT2D eigenvalue weighted by molar-refractivity contribution is 0.605. The lowest BCUT2D eigenvalue weighted by atomic mass is 9.99. The van der Waals surface area contributed by atoms with Crippen LogP contribution in [0.4, 0.5) is 10.1 Å². The van der Waals surface area contributed by atoms with Gasteiger partial charge in [0.25, 0.3) is 0 Å². The van der Waals surface area contributed by atoms with Crippen LogP contribution in [0.25, 0.3) is 0 Å². The molecule has 0 saturated heterocycles. The number of nitrogen functional groups attached to an aromatic ring is 1. The third-order valence-corrected chi connectivity index (χ3v) is 2.55. The van der Waals surface area contributed by atoms with Gasteiger partial charge in [0.15, 0.2) is 0 Å². The molecule has 0 bridgehead atoms. The molecule has 0 amide bonds. The van der Waals surface area contributed by atoms with Crippen LogP contribution in [0.3, 0.4) is 0 Å². The number of halogens is 1. The van der Waals surface area contributed by atoms with Crippen molar-refractivity contribution in [2.45, 2.75) is 6.04 Å². The van der Waals surface area contributed by atoms with Gasteiger partial charge in [-0.2, -0.15) is 0 Å². The van der Waals surface area contributed by atoms with Gasteiger partial charge in [0.2, 0.25) is 0 Å². The average Bonchev–Trinajstić information content (AvgIpc) is 2.33. The lowest BCUT2D eigenvalue weighted by Gasteiger charge is -2.18. The van der Waals surface area contributed by atoms with E-state index in [0.29, 0.717) is 11.3 Å². The molecular formula is C12H13FN4. The van der Waals surface area contributed by atoms with Crippen molar-refractivity contribution in [2.24, 2.45) is 5.84 Å². The molecule has 0 aliphatic rings. The minimum atomic E-state index is -0.376. The van der Waals surface area contributed by atoms with Gasteiger partial charge >= 0.3 is 0 Å². The first-order valence-corrected chi connectivity index (χ1v) is 5.13. The van der Waals surface area contributed by atoms with E-state index in [9.17, 15) is 4.39 Å². The molecule has 0 aliphatic heterocycles. The molecule has 4 nitrogen and oxygen atoms in total. The molecule has 1 aromatic heterocycles. The fourth-order valence-corrected chi connectivity index (χ4v) is 1.71. The van der Waals surface area contributed by atoms with E-state index in [1.165, 1.54) is 12.1 Å². The van der Waals surface area contributed by atoms with E-state index in [2.05, 4.69) is 10.4 Å². The molecular weight excluding hydrogens is 219 g/mol. The molecule has 17 heavy (non-hydrogen) atoms. The number of nitrogens with two attached hydrogens (primary N) is 2. The van der Waals surface area contributed by atoms with Crippen LogP contribution in [0.5, 0.6) is 0 Å². The Balaban J connectivity index is 2.44. The number of nitrogens with one attached hydrogen (secondary N) is 1. The Morgan fingerprint density at radius 3 is 2.76 bits per heavy atom. The normalized spacial score (nSPS) is 12.4. The van der Waals surface area contributed by atoms with Crippen molar-refractivity contribution in [1.82, 2.24) is 10.4 Å². The summed E-state index contributed by atoms with van der Waals surface area (Å²) in [5, 5.41) is 0. The minimum Gasteiger partial charge on any atom is -0.398 e. The second-order valence-electron chi connectivity index (χ2n) is 3.66. The number of hydrogen-bond donors (Lipinski definition) is 3. The predicted octanol–water partition coefficient (Wildman–Crippen LogP) is 1.36. The Morgan fingerprint density at radius 1 is 1.29 bits per heavy atom. The third-order valence-electron chi connectivity index (χ3n) is 2.55. The van der Waals surface area contributed by atoms with Crippen molar-refractivity contribution in [3.8, 4) is 0 Å². The van der Waals surface area contributed by atoms with Gasteiger partial charge < -0.3 is 5.73 Å². The first-order chi connectivity index (χ1) is 8.22. The average molecular weight is 232 g/mol. The van der Waals surface area contributed by atoms with Crippen LogP contribution in [-0.2, 0) is 0 Å². The van der Waals surface area contributed by atoms with Gasteiger partial charge in [-0.15, -0.1) is 0 Å². The number of anilines is 1. The summed E-state index contributed by atoms with van der Waals surface area (Å²) in [5.41, 5.74) is 10.4. The molecule has 2 rings (SSSR count). The van der Waals surface area contributed by atoms with Gasteiger partial charge in [-0.25, -0.2) is 9.82 Å². The van der Waals surface area contributed by atoms with Crippen molar-refractivity contribution < 1.29 is 4.39 Å². The van der Waals surface area contributed by atoms with Gasteiger partial charge in [-0.1, -0.05) is 12.1 Å².